The monoisotopic (exact) mass is 162 g/mol. The summed E-state index contributed by atoms with van der Waals surface area (Å²) in [7, 11) is 0. The van der Waals surface area contributed by atoms with E-state index in [9.17, 15) is 0 Å². The van der Waals surface area contributed by atoms with Gasteiger partial charge in [-0.1, -0.05) is 24.3 Å². The van der Waals surface area contributed by atoms with Gasteiger partial charge in [-0.25, -0.2) is 0 Å². The predicted molar refractivity (Wildman–Crippen MR) is 53.0 cm³/mol. The Labute approximate surface area is 75.4 Å². The first kappa shape index (κ1) is 8.10. The van der Waals surface area contributed by atoms with Crippen molar-refractivity contribution in [1.82, 2.24) is 0 Å². The Hall–Kier alpha value is -0.520. The van der Waals surface area contributed by atoms with Crippen LogP contribution in [-0.2, 0) is 0 Å². The van der Waals surface area contributed by atoms with Crippen LogP contribution in [0.1, 0.15) is 38.5 Å². The van der Waals surface area contributed by atoms with Crippen LogP contribution in [0, 0.1) is 11.8 Å². The van der Waals surface area contributed by atoms with Gasteiger partial charge in [0.05, 0.1) is 0 Å². The third-order valence-electron chi connectivity index (χ3n) is 3.29. The SMILES string of the molecule is C1=CCCC2CC=CCC2CC1. The summed E-state index contributed by atoms with van der Waals surface area (Å²) in [6.45, 7) is 0. The van der Waals surface area contributed by atoms with Gasteiger partial charge in [0.1, 0.15) is 0 Å². The lowest BCUT2D eigenvalue weighted by atomic mass is 9.77. The van der Waals surface area contributed by atoms with Gasteiger partial charge >= 0.3 is 0 Å². The lowest BCUT2D eigenvalue weighted by Gasteiger charge is -2.29. The van der Waals surface area contributed by atoms with Gasteiger partial charge in [0.25, 0.3) is 0 Å². The minimum absolute atomic E-state index is 1.000. The molecule has 0 fully saturated rings. The summed E-state index contributed by atoms with van der Waals surface area (Å²) in [6, 6.07) is 0. The topological polar surface area (TPSA) is 0 Å². The number of hydrogen-bond acceptors (Lipinski definition) is 0. The molecule has 0 spiro atoms. The van der Waals surface area contributed by atoms with Crippen LogP contribution in [0.2, 0.25) is 0 Å². The number of rotatable bonds is 0. The van der Waals surface area contributed by atoms with Gasteiger partial charge in [-0.3, -0.25) is 0 Å². The third-order valence-corrected chi connectivity index (χ3v) is 3.29. The summed E-state index contributed by atoms with van der Waals surface area (Å²) in [5.74, 6) is 2.00. The maximum absolute atomic E-state index is 2.38. The fourth-order valence-corrected chi connectivity index (χ4v) is 2.49. The smallest absolute Gasteiger partial charge is 0.0319 e. The van der Waals surface area contributed by atoms with E-state index >= 15 is 0 Å². The molecule has 0 aromatic heterocycles. The first-order valence-corrected chi connectivity index (χ1v) is 5.27. The fraction of sp³-hybridized carbons (Fsp3) is 0.667. The van der Waals surface area contributed by atoms with Crippen LogP contribution in [0.5, 0.6) is 0 Å². The van der Waals surface area contributed by atoms with Gasteiger partial charge in [-0.05, 0) is 50.4 Å². The Morgan fingerprint density at radius 3 is 1.67 bits per heavy atom. The van der Waals surface area contributed by atoms with Crippen molar-refractivity contribution in [2.24, 2.45) is 11.8 Å². The van der Waals surface area contributed by atoms with Crippen LogP contribution < -0.4 is 0 Å². The molecule has 2 aliphatic carbocycles. The Kier molecular flexibility index (Phi) is 2.65. The summed E-state index contributed by atoms with van der Waals surface area (Å²) in [6.07, 6.45) is 17.7. The van der Waals surface area contributed by atoms with Crippen LogP contribution in [-0.4, -0.2) is 0 Å². The molecule has 0 heteroatoms. The predicted octanol–water partition coefficient (Wildman–Crippen LogP) is 3.70. The van der Waals surface area contributed by atoms with Crippen LogP contribution in [0.15, 0.2) is 24.3 Å². The molecule has 12 heavy (non-hydrogen) atoms. The van der Waals surface area contributed by atoms with Crippen molar-refractivity contribution in [3.8, 4) is 0 Å². The van der Waals surface area contributed by atoms with E-state index in [1.54, 1.807) is 0 Å². The number of allylic oxidation sites excluding steroid dienone is 4. The molecule has 2 rings (SSSR count). The summed E-state index contributed by atoms with van der Waals surface area (Å²) in [5.41, 5.74) is 0. The first-order chi connectivity index (χ1) is 5.97. The Morgan fingerprint density at radius 2 is 1.17 bits per heavy atom. The highest BCUT2D eigenvalue weighted by molar-refractivity contribution is 4.97. The average Bonchev–Trinajstić information content (AvgIpc) is 2.06. The van der Waals surface area contributed by atoms with Crippen LogP contribution in [0.3, 0.4) is 0 Å². The highest BCUT2D eigenvalue weighted by atomic mass is 14.3. The molecule has 0 aliphatic heterocycles. The summed E-state index contributed by atoms with van der Waals surface area (Å²) in [5, 5.41) is 0. The zero-order chi connectivity index (χ0) is 8.23. The molecule has 0 bridgehead atoms. The molecule has 0 aromatic rings. The Balaban J connectivity index is 2.01. The van der Waals surface area contributed by atoms with Crippen molar-refractivity contribution in [1.29, 1.82) is 0 Å². The molecule has 0 amide bonds. The maximum atomic E-state index is 2.38. The molecule has 2 atom stereocenters. The van der Waals surface area contributed by atoms with Crippen LogP contribution in [0.4, 0.5) is 0 Å². The highest BCUT2D eigenvalue weighted by Gasteiger charge is 2.21. The van der Waals surface area contributed by atoms with E-state index in [4.69, 9.17) is 0 Å². The number of fused-ring (bicyclic) bond motifs is 1. The van der Waals surface area contributed by atoms with Gasteiger partial charge in [-0.15, -0.1) is 0 Å². The van der Waals surface area contributed by atoms with Crippen molar-refractivity contribution in [3.63, 3.8) is 0 Å². The third kappa shape index (κ3) is 1.80. The van der Waals surface area contributed by atoms with E-state index in [-0.39, 0.29) is 0 Å². The van der Waals surface area contributed by atoms with E-state index in [2.05, 4.69) is 24.3 Å². The summed E-state index contributed by atoms with van der Waals surface area (Å²) >= 11 is 0. The van der Waals surface area contributed by atoms with Crippen molar-refractivity contribution < 1.29 is 0 Å². The molecule has 0 saturated heterocycles. The van der Waals surface area contributed by atoms with Crippen molar-refractivity contribution in [2.75, 3.05) is 0 Å². The van der Waals surface area contributed by atoms with E-state index < -0.39 is 0 Å². The standard InChI is InChI=1S/C12H18/c1-2-4-8-12-10-6-5-9-11(12)7-3-1/h1-2,5-6,11-12H,3-4,7-10H2. The van der Waals surface area contributed by atoms with Crippen molar-refractivity contribution in [2.45, 2.75) is 38.5 Å². The second-order valence-electron chi connectivity index (χ2n) is 4.09. The van der Waals surface area contributed by atoms with Crippen molar-refractivity contribution >= 4 is 0 Å². The van der Waals surface area contributed by atoms with Gasteiger partial charge < -0.3 is 0 Å². The van der Waals surface area contributed by atoms with Crippen LogP contribution in [0.25, 0.3) is 0 Å². The molecule has 0 N–H and O–H groups in total. The lowest BCUT2D eigenvalue weighted by molar-refractivity contribution is 0.286. The minimum atomic E-state index is 1.000. The van der Waals surface area contributed by atoms with E-state index in [0.29, 0.717) is 0 Å². The molecular weight excluding hydrogens is 144 g/mol. The second-order valence-corrected chi connectivity index (χ2v) is 4.09. The molecule has 66 valence electrons. The quantitative estimate of drug-likeness (QED) is 0.476. The zero-order valence-corrected chi connectivity index (χ0v) is 7.71. The molecular formula is C12H18. The minimum Gasteiger partial charge on any atom is -0.0885 e. The largest absolute Gasteiger partial charge is 0.0885 e. The first-order valence-electron chi connectivity index (χ1n) is 5.27. The molecule has 2 aliphatic rings. The molecule has 0 saturated carbocycles. The number of hydrogen-bond donors (Lipinski definition) is 0. The zero-order valence-electron chi connectivity index (χ0n) is 7.71. The molecule has 0 radical (unpaired) electrons. The normalized spacial score (nSPS) is 35.3. The fourth-order valence-electron chi connectivity index (χ4n) is 2.49. The Morgan fingerprint density at radius 1 is 0.667 bits per heavy atom. The lowest BCUT2D eigenvalue weighted by Crippen LogP contribution is -2.17. The van der Waals surface area contributed by atoms with Crippen LogP contribution >= 0.6 is 0 Å². The van der Waals surface area contributed by atoms with Gasteiger partial charge in [0.2, 0.25) is 0 Å². The molecule has 0 nitrogen and oxygen atoms in total. The highest BCUT2D eigenvalue weighted by Crippen LogP contribution is 2.33. The summed E-state index contributed by atoms with van der Waals surface area (Å²) < 4.78 is 0. The van der Waals surface area contributed by atoms with Gasteiger partial charge in [0, 0.05) is 0 Å². The van der Waals surface area contributed by atoms with Gasteiger partial charge in [-0.2, -0.15) is 0 Å². The average molecular weight is 162 g/mol. The molecule has 0 heterocycles. The maximum Gasteiger partial charge on any atom is -0.0319 e. The Bertz CT molecular complexity index is 166. The molecule has 0 aromatic carbocycles. The van der Waals surface area contributed by atoms with Gasteiger partial charge in [0.15, 0.2) is 0 Å². The van der Waals surface area contributed by atoms with E-state index in [0.717, 1.165) is 11.8 Å². The second kappa shape index (κ2) is 3.93. The van der Waals surface area contributed by atoms with E-state index in [1.807, 2.05) is 0 Å². The van der Waals surface area contributed by atoms with E-state index in [1.165, 1.54) is 38.5 Å². The summed E-state index contributed by atoms with van der Waals surface area (Å²) in [4.78, 5) is 0. The van der Waals surface area contributed by atoms with Crippen molar-refractivity contribution in [3.05, 3.63) is 24.3 Å². The molecule has 2 unspecified atom stereocenters.